The number of rotatable bonds is 5. The smallest absolute Gasteiger partial charge is 0.323 e. The fraction of sp³-hybridized carbons (Fsp3) is 0.900. The van der Waals surface area contributed by atoms with Gasteiger partial charge >= 0.3 is 5.97 Å². The first-order valence-corrected chi connectivity index (χ1v) is 7.21. The van der Waals surface area contributed by atoms with Gasteiger partial charge in [-0.05, 0) is 32.6 Å². The maximum absolute atomic E-state index is 11.7. The summed E-state index contributed by atoms with van der Waals surface area (Å²) in [5.74, 6) is -1.13. The molecule has 1 aliphatic heterocycles. The Morgan fingerprint density at radius 3 is 2.35 bits per heavy atom. The van der Waals surface area contributed by atoms with Gasteiger partial charge in [-0.3, -0.25) is 4.79 Å². The number of carboxylic acids is 1. The van der Waals surface area contributed by atoms with Gasteiger partial charge in [0.1, 0.15) is 0 Å². The van der Waals surface area contributed by atoms with Crippen LogP contribution in [0.4, 0.5) is 0 Å². The Hall–Kier alpha value is -0.660. The van der Waals surface area contributed by atoms with Crippen LogP contribution in [-0.2, 0) is 19.6 Å². The second-order valence-electron chi connectivity index (χ2n) is 4.38. The first-order valence-electron chi connectivity index (χ1n) is 5.66. The molecule has 100 valence electrons. The van der Waals surface area contributed by atoms with Gasteiger partial charge in [0.25, 0.3) is 0 Å². The van der Waals surface area contributed by atoms with E-state index in [0.29, 0.717) is 13.2 Å². The number of ether oxygens (including phenoxy) is 1. The fourth-order valence-electron chi connectivity index (χ4n) is 1.81. The molecule has 1 fully saturated rings. The van der Waals surface area contributed by atoms with Crippen molar-refractivity contribution in [2.45, 2.75) is 38.0 Å². The van der Waals surface area contributed by atoms with Crippen molar-refractivity contribution in [3.63, 3.8) is 0 Å². The summed E-state index contributed by atoms with van der Waals surface area (Å²) in [5.41, 5.74) is 0. The van der Waals surface area contributed by atoms with E-state index in [9.17, 15) is 13.2 Å². The van der Waals surface area contributed by atoms with Crippen molar-refractivity contribution < 1.29 is 23.1 Å². The van der Waals surface area contributed by atoms with Crippen LogP contribution in [0.3, 0.4) is 0 Å². The third kappa shape index (κ3) is 3.93. The molecule has 0 aliphatic carbocycles. The molecule has 0 aromatic heterocycles. The average Bonchev–Trinajstić information content (AvgIpc) is 2.28. The first-order chi connectivity index (χ1) is 7.84. The van der Waals surface area contributed by atoms with E-state index < -0.39 is 21.2 Å². The van der Waals surface area contributed by atoms with Crippen molar-refractivity contribution in [3.8, 4) is 0 Å². The molecule has 7 heteroatoms. The minimum absolute atomic E-state index is 0.208. The summed E-state index contributed by atoms with van der Waals surface area (Å²) in [6, 6.07) is -0.259. The number of aliphatic carboxylic acids is 1. The molecule has 1 heterocycles. The highest BCUT2D eigenvalue weighted by Crippen LogP contribution is 2.19. The summed E-state index contributed by atoms with van der Waals surface area (Å²) in [6.45, 7) is 4.19. The minimum Gasteiger partial charge on any atom is -0.480 e. The van der Waals surface area contributed by atoms with Gasteiger partial charge in [0.05, 0.1) is 0 Å². The second kappa shape index (κ2) is 5.79. The molecule has 1 aliphatic rings. The van der Waals surface area contributed by atoms with Crippen LogP contribution in [0.2, 0.25) is 0 Å². The fourth-order valence-corrected chi connectivity index (χ4v) is 2.99. The average molecular weight is 265 g/mol. The molecule has 2 unspecified atom stereocenters. The molecule has 1 rings (SSSR count). The van der Waals surface area contributed by atoms with Crippen molar-refractivity contribution in [2.24, 2.45) is 5.92 Å². The summed E-state index contributed by atoms with van der Waals surface area (Å²) in [4.78, 5) is 10.7. The van der Waals surface area contributed by atoms with Gasteiger partial charge in [0, 0.05) is 19.3 Å². The molecule has 2 atom stereocenters. The number of sulfonamides is 1. The monoisotopic (exact) mass is 265 g/mol. The van der Waals surface area contributed by atoms with E-state index in [1.165, 1.54) is 6.92 Å². The lowest BCUT2D eigenvalue weighted by molar-refractivity contribution is -0.136. The molecule has 0 saturated carbocycles. The molecule has 0 amide bonds. The highest BCUT2D eigenvalue weighted by Gasteiger charge is 2.31. The van der Waals surface area contributed by atoms with E-state index in [1.54, 1.807) is 6.92 Å². The van der Waals surface area contributed by atoms with E-state index in [4.69, 9.17) is 9.84 Å². The van der Waals surface area contributed by atoms with E-state index in [1.807, 2.05) is 0 Å². The largest absolute Gasteiger partial charge is 0.480 e. The lowest BCUT2D eigenvalue weighted by Gasteiger charge is -2.28. The number of carboxylic acid groups (broad SMARTS) is 1. The topological polar surface area (TPSA) is 92.7 Å². The van der Waals surface area contributed by atoms with Gasteiger partial charge in [0.2, 0.25) is 10.0 Å². The van der Waals surface area contributed by atoms with Gasteiger partial charge in [-0.15, -0.1) is 0 Å². The SMILES string of the molecule is CC(NS(=O)(=O)C(C)C(=O)O)C1CCOCC1. The summed E-state index contributed by atoms with van der Waals surface area (Å²) < 4.78 is 31.0. The normalized spacial score (nSPS) is 22.0. The Morgan fingerprint density at radius 1 is 1.35 bits per heavy atom. The Labute approximate surface area is 101 Å². The Morgan fingerprint density at radius 2 is 1.88 bits per heavy atom. The van der Waals surface area contributed by atoms with Crippen LogP contribution in [0.15, 0.2) is 0 Å². The zero-order valence-corrected chi connectivity index (χ0v) is 10.9. The number of hydrogen-bond donors (Lipinski definition) is 2. The van der Waals surface area contributed by atoms with Crippen LogP contribution in [0.1, 0.15) is 26.7 Å². The van der Waals surface area contributed by atoms with E-state index in [-0.39, 0.29) is 12.0 Å². The molecule has 0 aromatic rings. The van der Waals surface area contributed by atoms with E-state index >= 15 is 0 Å². The van der Waals surface area contributed by atoms with Gasteiger partial charge < -0.3 is 9.84 Å². The van der Waals surface area contributed by atoms with Crippen molar-refractivity contribution in [2.75, 3.05) is 13.2 Å². The zero-order valence-electron chi connectivity index (χ0n) is 10.0. The summed E-state index contributed by atoms with van der Waals surface area (Å²) in [5, 5.41) is 7.28. The first kappa shape index (κ1) is 14.4. The minimum atomic E-state index is -3.80. The molecule has 0 bridgehead atoms. The van der Waals surface area contributed by atoms with Crippen LogP contribution in [0.25, 0.3) is 0 Å². The van der Waals surface area contributed by atoms with Crippen molar-refractivity contribution in [3.05, 3.63) is 0 Å². The predicted molar refractivity (Wildman–Crippen MR) is 62.2 cm³/mol. The van der Waals surface area contributed by atoms with Crippen LogP contribution in [-0.4, -0.2) is 44.0 Å². The van der Waals surface area contributed by atoms with E-state index in [2.05, 4.69) is 4.72 Å². The van der Waals surface area contributed by atoms with Crippen molar-refractivity contribution in [1.29, 1.82) is 0 Å². The molecular formula is C10H19NO5S. The standard InChI is InChI=1S/C10H19NO5S/c1-7(9-3-5-16-6-4-9)11-17(14,15)8(2)10(12)13/h7-9,11H,3-6H2,1-2H3,(H,12,13). The lowest BCUT2D eigenvalue weighted by Crippen LogP contribution is -2.45. The Bertz CT molecular complexity index is 361. The van der Waals surface area contributed by atoms with Gasteiger partial charge in [-0.1, -0.05) is 0 Å². The Kier molecular flexibility index (Phi) is 4.91. The molecule has 1 saturated heterocycles. The lowest BCUT2D eigenvalue weighted by atomic mass is 9.94. The maximum atomic E-state index is 11.7. The highest BCUT2D eigenvalue weighted by atomic mass is 32.2. The van der Waals surface area contributed by atoms with Gasteiger partial charge in [0.15, 0.2) is 5.25 Å². The molecule has 2 N–H and O–H groups in total. The van der Waals surface area contributed by atoms with Crippen LogP contribution in [0, 0.1) is 5.92 Å². The third-order valence-corrected chi connectivity index (χ3v) is 4.97. The third-order valence-electron chi connectivity index (χ3n) is 3.14. The maximum Gasteiger partial charge on any atom is 0.323 e. The summed E-state index contributed by atoms with van der Waals surface area (Å²) in [6.07, 6.45) is 1.59. The van der Waals surface area contributed by atoms with Crippen LogP contribution >= 0.6 is 0 Å². The number of nitrogens with one attached hydrogen (secondary N) is 1. The molecular weight excluding hydrogens is 246 g/mol. The quantitative estimate of drug-likeness (QED) is 0.740. The van der Waals surface area contributed by atoms with Gasteiger partial charge in [-0.25, -0.2) is 13.1 Å². The predicted octanol–water partition coefficient (Wildman–Crippen LogP) is 0.194. The van der Waals surface area contributed by atoms with E-state index in [0.717, 1.165) is 12.8 Å². The van der Waals surface area contributed by atoms with Crippen molar-refractivity contribution in [1.82, 2.24) is 4.72 Å². The van der Waals surface area contributed by atoms with Crippen LogP contribution < -0.4 is 4.72 Å². The summed E-state index contributed by atoms with van der Waals surface area (Å²) >= 11 is 0. The molecule has 17 heavy (non-hydrogen) atoms. The molecule has 0 spiro atoms. The molecule has 0 radical (unpaired) electrons. The molecule has 6 nitrogen and oxygen atoms in total. The second-order valence-corrected chi connectivity index (χ2v) is 6.41. The highest BCUT2D eigenvalue weighted by molar-refractivity contribution is 7.90. The summed E-state index contributed by atoms with van der Waals surface area (Å²) in [7, 11) is -3.80. The van der Waals surface area contributed by atoms with Crippen molar-refractivity contribution >= 4 is 16.0 Å². The van der Waals surface area contributed by atoms with Gasteiger partial charge in [-0.2, -0.15) is 0 Å². The number of carbonyl (C=O) groups is 1. The van der Waals surface area contributed by atoms with Crippen LogP contribution in [0.5, 0.6) is 0 Å². The number of hydrogen-bond acceptors (Lipinski definition) is 4. The zero-order chi connectivity index (χ0) is 13.1. The molecule has 0 aromatic carbocycles. The Balaban J connectivity index is 2.60.